The Balaban J connectivity index is 1.36. The number of hydrogen-bond donors (Lipinski definition) is 2. The van der Waals surface area contributed by atoms with Gasteiger partial charge in [0.15, 0.2) is 0 Å². The molecule has 2 N–H and O–H groups in total. The van der Waals surface area contributed by atoms with E-state index in [9.17, 15) is 14.4 Å². The van der Waals surface area contributed by atoms with Crippen LogP contribution in [0, 0.1) is 0 Å². The fourth-order valence-electron chi connectivity index (χ4n) is 3.50. The van der Waals surface area contributed by atoms with Crippen LogP contribution in [-0.4, -0.2) is 43.3 Å². The summed E-state index contributed by atoms with van der Waals surface area (Å²) < 4.78 is 11.6. The molecule has 0 unspecified atom stereocenters. The summed E-state index contributed by atoms with van der Waals surface area (Å²) in [6, 6.07) is 15.7. The number of esters is 1. The first kappa shape index (κ1) is 22.2. The number of thiophene rings is 1. The highest BCUT2D eigenvalue weighted by molar-refractivity contribution is 7.20. The molecule has 0 radical (unpaired) electrons. The maximum absolute atomic E-state index is 13.0. The van der Waals surface area contributed by atoms with Crippen LogP contribution in [0.4, 0.5) is 0 Å². The first-order valence-electron chi connectivity index (χ1n) is 10.4. The molecule has 0 amide bonds. The lowest BCUT2D eigenvalue weighted by Crippen LogP contribution is -2.34. The molecule has 0 aliphatic carbocycles. The number of H-pyrrole nitrogens is 2. The van der Waals surface area contributed by atoms with Gasteiger partial charge in [-0.05, 0) is 34.5 Å². The molecule has 11 nitrogen and oxygen atoms in total. The third-order valence-corrected chi connectivity index (χ3v) is 6.31. The number of nitrogens with zero attached hydrogens (tertiary/aromatic N) is 4. The summed E-state index contributed by atoms with van der Waals surface area (Å²) in [6.07, 6.45) is 0. The van der Waals surface area contributed by atoms with Crippen LogP contribution >= 0.6 is 11.3 Å². The van der Waals surface area contributed by atoms with Gasteiger partial charge in [0.1, 0.15) is 22.1 Å². The first-order valence-corrected chi connectivity index (χ1v) is 11.2. The summed E-state index contributed by atoms with van der Waals surface area (Å²) in [6.45, 7) is 0.104. The largest absolute Gasteiger partial charge is 0.497 e. The Morgan fingerprint density at radius 2 is 1.91 bits per heavy atom. The summed E-state index contributed by atoms with van der Waals surface area (Å²) in [5.74, 6) is 0.512. The number of fused-ring (bicyclic) bond motifs is 1. The van der Waals surface area contributed by atoms with Crippen LogP contribution in [0.2, 0.25) is 0 Å². The van der Waals surface area contributed by atoms with Gasteiger partial charge in [-0.2, -0.15) is 5.21 Å². The molecule has 0 saturated heterocycles. The molecule has 0 aliphatic heterocycles. The summed E-state index contributed by atoms with van der Waals surface area (Å²) in [5.41, 5.74) is 1.18. The van der Waals surface area contributed by atoms with Crippen molar-refractivity contribution in [3.05, 3.63) is 91.4 Å². The van der Waals surface area contributed by atoms with Crippen LogP contribution < -0.4 is 16.0 Å². The minimum Gasteiger partial charge on any atom is -0.497 e. The maximum atomic E-state index is 13.0. The van der Waals surface area contributed by atoms with Crippen LogP contribution in [0.15, 0.2) is 64.2 Å². The number of carbonyl (C=O) groups is 1. The van der Waals surface area contributed by atoms with Crippen LogP contribution in [0.25, 0.3) is 21.6 Å². The van der Waals surface area contributed by atoms with E-state index < -0.39 is 17.2 Å². The van der Waals surface area contributed by atoms with Gasteiger partial charge in [0, 0.05) is 5.56 Å². The molecule has 3 aromatic heterocycles. The molecule has 35 heavy (non-hydrogen) atoms. The second-order valence-electron chi connectivity index (χ2n) is 7.53. The number of carbonyl (C=O) groups excluding carboxylic acids is 1. The first-order chi connectivity index (χ1) is 17.0. The SMILES string of the molecule is COc1cccc(COC(=O)c2cc3c(=O)n(Cc4ccc(-c5nn[nH]n5)cc4)c(=O)[nH]c3s2)c1. The molecule has 0 bridgehead atoms. The third-order valence-electron chi connectivity index (χ3n) is 5.28. The fraction of sp³-hybridized carbons (Fsp3) is 0.130. The van der Waals surface area contributed by atoms with E-state index in [2.05, 4.69) is 25.6 Å². The number of hydrogen-bond acceptors (Lipinski definition) is 9. The van der Waals surface area contributed by atoms with Crippen molar-refractivity contribution in [1.29, 1.82) is 0 Å². The van der Waals surface area contributed by atoms with E-state index >= 15 is 0 Å². The van der Waals surface area contributed by atoms with E-state index in [0.717, 1.165) is 32.6 Å². The third kappa shape index (κ3) is 4.59. The number of nitrogens with one attached hydrogen (secondary N) is 2. The van der Waals surface area contributed by atoms with E-state index in [1.54, 1.807) is 49.6 Å². The fourth-order valence-corrected chi connectivity index (χ4v) is 4.43. The molecule has 5 aromatic rings. The Morgan fingerprint density at radius 1 is 1.09 bits per heavy atom. The monoisotopic (exact) mass is 490 g/mol. The normalized spacial score (nSPS) is 11.0. The summed E-state index contributed by atoms with van der Waals surface area (Å²) in [7, 11) is 1.56. The summed E-state index contributed by atoms with van der Waals surface area (Å²) >= 11 is 1.00. The molecule has 12 heteroatoms. The number of benzene rings is 2. The zero-order valence-corrected chi connectivity index (χ0v) is 19.2. The van der Waals surface area contributed by atoms with Crippen molar-refractivity contribution in [1.82, 2.24) is 30.2 Å². The minimum absolute atomic E-state index is 0.0465. The number of rotatable bonds is 7. The molecule has 3 heterocycles. The van der Waals surface area contributed by atoms with Crippen LogP contribution in [0.1, 0.15) is 20.8 Å². The number of ether oxygens (including phenoxy) is 2. The standard InChI is InChI=1S/C23H18N6O5S/c1-33-16-4-2-3-14(9-16)12-34-22(31)18-10-17-20(35-18)24-23(32)29(21(17)30)11-13-5-7-15(8-6-13)19-25-27-28-26-19/h2-10H,11-12H2,1H3,(H,24,32)(H,25,26,27,28). The van der Waals surface area contributed by atoms with Gasteiger partial charge in [-0.1, -0.05) is 36.4 Å². The van der Waals surface area contributed by atoms with Gasteiger partial charge in [0.25, 0.3) is 5.56 Å². The van der Waals surface area contributed by atoms with E-state index in [4.69, 9.17) is 9.47 Å². The predicted octanol–water partition coefficient (Wildman–Crippen LogP) is 2.35. The molecule has 176 valence electrons. The Kier molecular flexibility index (Phi) is 5.94. The van der Waals surface area contributed by atoms with Gasteiger partial charge in [-0.15, -0.1) is 21.5 Å². The molecular weight excluding hydrogens is 472 g/mol. The molecule has 0 saturated carbocycles. The van der Waals surface area contributed by atoms with Crippen molar-refractivity contribution in [2.45, 2.75) is 13.2 Å². The van der Waals surface area contributed by atoms with Crippen molar-refractivity contribution in [2.24, 2.45) is 0 Å². The highest BCUT2D eigenvalue weighted by Crippen LogP contribution is 2.22. The molecule has 2 aromatic carbocycles. The molecule has 0 fully saturated rings. The zero-order valence-electron chi connectivity index (χ0n) is 18.3. The van der Waals surface area contributed by atoms with Crippen molar-refractivity contribution >= 4 is 27.5 Å². The highest BCUT2D eigenvalue weighted by Gasteiger charge is 2.17. The van der Waals surface area contributed by atoms with Crippen LogP contribution in [-0.2, 0) is 17.9 Å². The highest BCUT2D eigenvalue weighted by atomic mass is 32.1. The quantitative estimate of drug-likeness (QED) is 0.331. The summed E-state index contributed by atoms with van der Waals surface area (Å²) in [5, 5.41) is 14.0. The van der Waals surface area contributed by atoms with Gasteiger partial charge in [0.2, 0.25) is 5.82 Å². The number of aromatic amines is 2. The minimum atomic E-state index is -0.585. The number of methoxy groups -OCH3 is 1. The van der Waals surface area contributed by atoms with Crippen molar-refractivity contribution in [3.63, 3.8) is 0 Å². The van der Waals surface area contributed by atoms with Crippen molar-refractivity contribution in [2.75, 3.05) is 7.11 Å². The van der Waals surface area contributed by atoms with Gasteiger partial charge >= 0.3 is 11.7 Å². The van der Waals surface area contributed by atoms with Crippen LogP contribution in [0.3, 0.4) is 0 Å². The van der Waals surface area contributed by atoms with Crippen molar-refractivity contribution in [3.8, 4) is 17.1 Å². The maximum Gasteiger partial charge on any atom is 0.348 e. The molecule has 0 atom stereocenters. The second kappa shape index (κ2) is 9.35. The summed E-state index contributed by atoms with van der Waals surface area (Å²) in [4.78, 5) is 41.5. The second-order valence-corrected chi connectivity index (χ2v) is 8.59. The van der Waals surface area contributed by atoms with E-state index in [0.29, 0.717) is 16.4 Å². The Hall–Kier alpha value is -4.58. The lowest BCUT2D eigenvalue weighted by atomic mass is 10.1. The number of tetrazole rings is 1. The van der Waals surface area contributed by atoms with E-state index in [-0.39, 0.29) is 23.4 Å². The topological polar surface area (TPSA) is 145 Å². The van der Waals surface area contributed by atoms with E-state index in [1.165, 1.54) is 6.07 Å². The predicted molar refractivity (Wildman–Crippen MR) is 128 cm³/mol. The van der Waals surface area contributed by atoms with Gasteiger partial charge in [-0.25, -0.2) is 9.59 Å². The lowest BCUT2D eigenvalue weighted by molar-refractivity contribution is 0.0478. The Labute approximate surface area is 201 Å². The van der Waals surface area contributed by atoms with Crippen LogP contribution in [0.5, 0.6) is 5.75 Å². The Bertz CT molecular complexity index is 1620. The Morgan fingerprint density at radius 3 is 2.66 bits per heavy atom. The van der Waals surface area contributed by atoms with Gasteiger partial charge < -0.3 is 9.47 Å². The molecule has 0 spiro atoms. The molecule has 5 rings (SSSR count). The van der Waals surface area contributed by atoms with E-state index in [1.807, 2.05) is 6.07 Å². The molecule has 0 aliphatic rings. The van der Waals surface area contributed by atoms with Gasteiger partial charge in [0.05, 0.1) is 19.0 Å². The average Bonchev–Trinajstić information content (AvgIpc) is 3.56. The lowest BCUT2D eigenvalue weighted by Gasteiger charge is -2.05. The number of aromatic nitrogens is 6. The molecular formula is C23H18N6O5S. The smallest absolute Gasteiger partial charge is 0.348 e. The van der Waals surface area contributed by atoms with Gasteiger partial charge in [-0.3, -0.25) is 14.3 Å². The average molecular weight is 491 g/mol. The zero-order chi connectivity index (χ0) is 24.4. The van der Waals surface area contributed by atoms with Crippen molar-refractivity contribution < 1.29 is 14.3 Å².